The van der Waals surface area contributed by atoms with E-state index in [-0.39, 0.29) is 17.6 Å². The first kappa shape index (κ1) is 16.2. The molecule has 1 amide bonds. The highest BCUT2D eigenvalue weighted by atomic mass is 16.6. The molecule has 0 N–H and O–H groups in total. The van der Waals surface area contributed by atoms with E-state index in [1.165, 1.54) is 5.56 Å². The van der Waals surface area contributed by atoms with Crippen LogP contribution in [0, 0.1) is 0 Å². The molecular formula is C19H25N3O3. The lowest BCUT2D eigenvalue weighted by Gasteiger charge is -2.34. The summed E-state index contributed by atoms with van der Waals surface area (Å²) in [5, 5.41) is 0. The average Bonchev–Trinajstić information content (AvgIpc) is 3.19. The molecule has 0 unspecified atom stereocenters. The van der Waals surface area contributed by atoms with Gasteiger partial charge in [0.2, 0.25) is 0 Å². The maximum Gasteiger partial charge on any atom is 0.410 e. The summed E-state index contributed by atoms with van der Waals surface area (Å²) >= 11 is 0. The SMILES string of the molecule is CC(C)(C)c1ccc2oc(N3CCC(N4CCOC4=O)CC3)nc2c1. The highest BCUT2D eigenvalue weighted by Gasteiger charge is 2.33. The highest BCUT2D eigenvalue weighted by molar-refractivity contribution is 5.76. The monoisotopic (exact) mass is 343 g/mol. The van der Waals surface area contributed by atoms with Gasteiger partial charge in [0.1, 0.15) is 12.1 Å². The van der Waals surface area contributed by atoms with Gasteiger partial charge in [0.15, 0.2) is 5.58 Å². The number of nitrogens with zero attached hydrogens (tertiary/aromatic N) is 3. The van der Waals surface area contributed by atoms with Crippen molar-refractivity contribution in [3.05, 3.63) is 23.8 Å². The van der Waals surface area contributed by atoms with Gasteiger partial charge in [-0.05, 0) is 36.0 Å². The number of hydrogen-bond acceptors (Lipinski definition) is 5. The number of rotatable bonds is 2. The summed E-state index contributed by atoms with van der Waals surface area (Å²) in [6, 6.07) is 7.20. The fourth-order valence-electron chi connectivity index (χ4n) is 3.62. The van der Waals surface area contributed by atoms with Crippen LogP contribution in [0.2, 0.25) is 0 Å². The van der Waals surface area contributed by atoms with Crippen LogP contribution in [0.15, 0.2) is 22.6 Å². The van der Waals surface area contributed by atoms with Crippen molar-refractivity contribution < 1.29 is 13.9 Å². The van der Waals surface area contributed by atoms with E-state index in [4.69, 9.17) is 14.1 Å². The number of amides is 1. The zero-order valence-corrected chi connectivity index (χ0v) is 15.1. The third kappa shape index (κ3) is 3.05. The summed E-state index contributed by atoms with van der Waals surface area (Å²) < 4.78 is 11.0. The molecule has 1 aromatic heterocycles. The third-order valence-electron chi connectivity index (χ3n) is 5.21. The Morgan fingerprint density at radius 2 is 1.92 bits per heavy atom. The summed E-state index contributed by atoms with van der Waals surface area (Å²) in [6.45, 7) is 9.50. The maximum absolute atomic E-state index is 11.7. The first-order valence-corrected chi connectivity index (χ1v) is 9.01. The van der Waals surface area contributed by atoms with Crippen LogP contribution in [0.1, 0.15) is 39.2 Å². The lowest BCUT2D eigenvalue weighted by Crippen LogP contribution is -2.45. The van der Waals surface area contributed by atoms with Gasteiger partial charge in [-0.15, -0.1) is 0 Å². The molecule has 25 heavy (non-hydrogen) atoms. The van der Waals surface area contributed by atoms with Crippen molar-refractivity contribution in [2.45, 2.75) is 45.1 Å². The van der Waals surface area contributed by atoms with Gasteiger partial charge < -0.3 is 19.0 Å². The van der Waals surface area contributed by atoms with E-state index in [1.807, 2.05) is 11.0 Å². The Labute approximate surface area is 147 Å². The van der Waals surface area contributed by atoms with E-state index in [2.05, 4.69) is 37.8 Å². The maximum atomic E-state index is 11.7. The Morgan fingerprint density at radius 3 is 2.56 bits per heavy atom. The van der Waals surface area contributed by atoms with Crippen molar-refractivity contribution in [3.8, 4) is 0 Å². The van der Waals surface area contributed by atoms with Gasteiger partial charge in [0, 0.05) is 19.1 Å². The molecule has 2 saturated heterocycles. The largest absolute Gasteiger partial charge is 0.448 e. The molecule has 3 heterocycles. The van der Waals surface area contributed by atoms with Crippen LogP contribution >= 0.6 is 0 Å². The minimum atomic E-state index is -0.171. The lowest BCUT2D eigenvalue weighted by molar-refractivity contribution is 0.142. The Morgan fingerprint density at radius 1 is 1.16 bits per heavy atom. The molecule has 2 fully saturated rings. The molecule has 1 aromatic carbocycles. The standard InChI is InChI=1S/C19H25N3O3/c1-19(2,3)13-4-5-16-15(12-13)20-17(25-16)21-8-6-14(7-9-21)22-10-11-24-18(22)23/h4-5,12,14H,6-11H2,1-3H3. The molecule has 4 rings (SSSR count). The molecule has 0 saturated carbocycles. The fraction of sp³-hybridized carbons (Fsp3) is 0.579. The quantitative estimate of drug-likeness (QED) is 0.835. The second-order valence-corrected chi connectivity index (χ2v) is 7.95. The van der Waals surface area contributed by atoms with Gasteiger partial charge >= 0.3 is 6.09 Å². The van der Waals surface area contributed by atoms with Crippen LogP contribution < -0.4 is 4.90 Å². The molecule has 6 nitrogen and oxygen atoms in total. The number of carbonyl (C=O) groups is 1. The van der Waals surface area contributed by atoms with E-state index in [9.17, 15) is 4.79 Å². The molecule has 0 spiro atoms. The first-order chi connectivity index (χ1) is 11.9. The van der Waals surface area contributed by atoms with Crippen molar-refractivity contribution in [1.82, 2.24) is 9.88 Å². The summed E-state index contributed by atoms with van der Waals surface area (Å²) in [7, 11) is 0. The van der Waals surface area contributed by atoms with Crippen molar-refractivity contribution in [2.75, 3.05) is 31.1 Å². The minimum absolute atomic E-state index is 0.0932. The van der Waals surface area contributed by atoms with Crippen LogP contribution in [0.25, 0.3) is 11.1 Å². The Hall–Kier alpha value is -2.24. The Bertz CT molecular complexity index is 785. The van der Waals surface area contributed by atoms with Gasteiger partial charge in [-0.2, -0.15) is 4.98 Å². The van der Waals surface area contributed by atoms with Gasteiger partial charge in [-0.25, -0.2) is 4.79 Å². The first-order valence-electron chi connectivity index (χ1n) is 9.01. The number of oxazole rings is 1. The predicted octanol–water partition coefficient (Wildman–Crippen LogP) is 3.55. The normalized spacial score (nSPS) is 19.7. The average molecular weight is 343 g/mol. The number of benzene rings is 1. The van der Waals surface area contributed by atoms with Crippen LogP contribution in [-0.4, -0.2) is 48.3 Å². The Balaban J connectivity index is 1.48. The fourth-order valence-corrected chi connectivity index (χ4v) is 3.62. The molecule has 2 aliphatic heterocycles. The van der Waals surface area contributed by atoms with Crippen LogP contribution in [0.3, 0.4) is 0 Å². The van der Waals surface area contributed by atoms with Crippen LogP contribution in [0.5, 0.6) is 0 Å². The van der Waals surface area contributed by atoms with Crippen molar-refractivity contribution >= 4 is 23.2 Å². The number of anilines is 1. The van der Waals surface area contributed by atoms with Crippen molar-refractivity contribution in [3.63, 3.8) is 0 Å². The number of aromatic nitrogens is 1. The molecule has 0 aliphatic carbocycles. The van der Waals surface area contributed by atoms with Crippen molar-refractivity contribution in [2.24, 2.45) is 0 Å². The molecule has 2 aliphatic rings. The van der Waals surface area contributed by atoms with E-state index in [0.29, 0.717) is 19.2 Å². The van der Waals surface area contributed by atoms with Crippen molar-refractivity contribution in [1.29, 1.82) is 0 Å². The third-order valence-corrected chi connectivity index (χ3v) is 5.21. The summed E-state index contributed by atoms with van der Waals surface area (Å²) in [6.07, 6.45) is 1.66. The molecule has 134 valence electrons. The number of ether oxygens (including phenoxy) is 1. The smallest absolute Gasteiger partial charge is 0.410 e. The van der Waals surface area contributed by atoms with E-state index in [1.54, 1.807) is 0 Å². The minimum Gasteiger partial charge on any atom is -0.448 e. The van der Waals surface area contributed by atoms with E-state index < -0.39 is 0 Å². The number of fused-ring (bicyclic) bond motifs is 1. The summed E-state index contributed by atoms with van der Waals surface area (Å²) in [5.41, 5.74) is 3.09. The molecule has 6 heteroatoms. The van der Waals surface area contributed by atoms with Gasteiger partial charge in [-0.1, -0.05) is 26.8 Å². The van der Waals surface area contributed by atoms with Gasteiger partial charge in [0.05, 0.1) is 6.54 Å². The molecular weight excluding hydrogens is 318 g/mol. The van der Waals surface area contributed by atoms with E-state index in [0.717, 1.165) is 37.0 Å². The van der Waals surface area contributed by atoms with Gasteiger partial charge in [-0.3, -0.25) is 0 Å². The molecule has 0 radical (unpaired) electrons. The van der Waals surface area contributed by atoms with E-state index >= 15 is 0 Å². The number of piperidine rings is 1. The Kier molecular flexibility index (Phi) is 3.85. The van der Waals surface area contributed by atoms with Gasteiger partial charge in [0.25, 0.3) is 6.01 Å². The molecule has 0 atom stereocenters. The second-order valence-electron chi connectivity index (χ2n) is 7.95. The number of cyclic esters (lactones) is 1. The molecule has 2 aromatic rings. The summed E-state index contributed by atoms with van der Waals surface area (Å²) in [4.78, 5) is 20.5. The zero-order valence-electron chi connectivity index (χ0n) is 15.1. The lowest BCUT2D eigenvalue weighted by atomic mass is 9.87. The van der Waals surface area contributed by atoms with Crippen LogP contribution in [-0.2, 0) is 10.2 Å². The molecule has 0 bridgehead atoms. The second kappa shape index (κ2) is 5.93. The highest BCUT2D eigenvalue weighted by Crippen LogP contribution is 2.30. The predicted molar refractivity (Wildman–Crippen MR) is 96.0 cm³/mol. The van der Waals surface area contributed by atoms with Crippen LogP contribution in [0.4, 0.5) is 10.8 Å². The summed E-state index contributed by atoms with van der Waals surface area (Å²) in [5.74, 6) is 0. The topological polar surface area (TPSA) is 58.8 Å². The number of carbonyl (C=O) groups excluding carboxylic acids is 1. The number of hydrogen-bond donors (Lipinski definition) is 0. The zero-order chi connectivity index (χ0) is 17.6.